The van der Waals surface area contributed by atoms with Gasteiger partial charge in [-0.05, 0) is 25.1 Å². The molecule has 4 rings (SSSR count). The Morgan fingerprint density at radius 1 is 1.06 bits per heavy atom. The van der Waals surface area contributed by atoms with E-state index in [2.05, 4.69) is 5.32 Å². The van der Waals surface area contributed by atoms with Gasteiger partial charge in [-0.2, -0.15) is 0 Å². The zero-order valence-electron chi connectivity index (χ0n) is 18.1. The molecule has 0 unspecified atom stereocenters. The molecule has 0 atom stereocenters. The Morgan fingerprint density at radius 2 is 1.86 bits per heavy atom. The molecule has 0 bridgehead atoms. The maximum absolute atomic E-state index is 12.4. The van der Waals surface area contributed by atoms with E-state index in [4.69, 9.17) is 18.3 Å². The molecule has 1 N–H and O–H groups in total. The van der Waals surface area contributed by atoms with Gasteiger partial charge >= 0.3 is 23.4 Å². The number of amides is 1. The Bertz CT molecular complexity index is 1580. The van der Waals surface area contributed by atoms with Crippen molar-refractivity contribution < 1.29 is 32.8 Å². The first-order valence-electron chi connectivity index (χ1n) is 10.2. The third kappa shape index (κ3) is 5.03. The average molecular weight is 483 g/mol. The normalized spacial score (nSPS) is 10.9. The number of nitro benzene ring substituents is 1. The molecular weight excluding hydrogens is 466 g/mol. The highest BCUT2D eigenvalue weighted by atomic mass is 16.6. The third-order valence-corrected chi connectivity index (χ3v) is 4.89. The van der Waals surface area contributed by atoms with E-state index in [1.165, 1.54) is 18.2 Å². The molecule has 13 heteroatoms. The largest absolute Gasteiger partial charge is 0.459 e. The van der Waals surface area contributed by atoms with Crippen LogP contribution in [0.15, 0.2) is 60.9 Å². The number of non-ortho nitro benzene ring substituents is 1. The van der Waals surface area contributed by atoms with Gasteiger partial charge in [0.1, 0.15) is 18.7 Å². The van der Waals surface area contributed by atoms with Gasteiger partial charge in [0.25, 0.3) is 5.69 Å². The van der Waals surface area contributed by atoms with E-state index >= 15 is 0 Å². The molecule has 1 amide bonds. The molecule has 0 spiro atoms. The van der Waals surface area contributed by atoms with Gasteiger partial charge in [-0.3, -0.25) is 24.8 Å². The van der Waals surface area contributed by atoms with Crippen molar-refractivity contribution in [1.29, 1.82) is 0 Å². The maximum atomic E-state index is 12.4. The lowest BCUT2D eigenvalue weighted by molar-refractivity contribution is -0.384. The van der Waals surface area contributed by atoms with E-state index in [9.17, 15) is 29.3 Å². The van der Waals surface area contributed by atoms with E-state index in [1.54, 1.807) is 19.1 Å². The minimum atomic E-state index is -0.884. The van der Waals surface area contributed by atoms with Gasteiger partial charge in [0, 0.05) is 34.8 Å². The summed E-state index contributed by atoms with van der Waals surface area (Å²) >= 11 is 0. The minimum absolute atomic E-state index is 0.0455. The first-order chi connectivity index (χ1) is 16.7. The fourth-order valence-corrected chi connectivity index (χ4v) is 3.36. The summed E-state index contributed by atoms with van der Waals surface area (Å²) in [4.78, 5) is 58.4. The number of nitrogens with zero attached hydrogens (tertiary/aromatic N) is 2. The predicted octanol–water partition coefficient (Wildman–Crippen LogP) is 2.92. The second-order valence-corrected chi connectivity index (χ2v) is 7.17. The number of fused-ring (bicyclic) bond motifs is 2. The van der Waals surface area contributed by atoms with Crippen LogP contribution in [-0.2, 0) is 27.4 Å². The van der Waals surface area contributed by atoms with Crippen molar-refractivity contribution in [2.24, 2.45) is 0 Å². The van der Waals surface area contributed by atoms with Gasteiger partial charge < -0.3 is 18.3 Å². The van der Waals surface area contributed by atoms with Crippen LogP contribution in [0.3, 0.4) is 0 Å². The van der Waals surface area contributed by atoms with Crippen molar-refractivity contribution in [3.8, 4) is 0 Å². The molecule has 2 heterocycles. The van der Waals surface area contributed by atoms with Crippen molar-refractivity contribution in [3.63, 3.8) is 0 Å². The number of nitrogens with one attached hydrogen (secondary N) is 1. The number of carbonyl (C=O) groups is 2. The zero-order valence-corrected chi connectivity index (χ0v) is 18.1. The SMILES string of the molecule is CCOC(=O)Nc1ccc2c(COC(=O)Cn3c(=O)oc4cc([N+](=O)[O-])ccc43)cc(=O)oc2c1. The van der Waals surface area contributed by atoms with Crippen LogP contribution in [0, 0.1) is 10.1 Å². The van der Waals surface area contributed by atoms with E-state index in [0.29, 0.717) is 16.6 Å². The number of carbonyl (C=O) groups excluding carboxylic acids is 2. The summed E-state index contributed by atoms with van der Waals surface area (Å²) in [7, 11) is 0. The number of anilines is 1. The molecule has 0 aliphatic carbocycles. The van der Waals surface area contributed by atoms with Crippen molar-refractivity contribution in [3.05, 3.63) is 79.1 Å². The number of oxazole rings is 1. The van der Waals surface area contributed by atoms with Crippen molar-refractivity contribution in [1.82, 2.24) is 4.57 Å². The van der Waals surface area contributed by atoms with E-state index < -0.39 is 34.9 Å². The monoisotopic (exact) mass is 483 g/mol. The number of ether oxygens (including phenoxy) is 2. The van der Waals surface area contributed by atoms with Crippen LogP contribution in [0.1, 0.15) is 12.5 Å². The zero-order chi connectivity index (χ0) is 25.1. The molecule has 0 fully saturated rings. The number of nitro groups is 1. The lowest BCUT2D eigenvalue weighted by atomic mass is 10.1. The molecular formula is C22H17N3O10. The summed E-state index contributed by atoms with van der Waals surface area (Å²) in [5.41, 5.74) is -0.00350. The Morgan fingerprint density at radius 3 is 2.60 bits per heavy atom. The predicted molar refractivity (Wildman–Crippen MR) is 120 cm³/mol. The van der Waals surface area contributed by atoms with Crippen LogP contribution in [0.2, 0.25) is 0 Å². The van der Waals surface area contributed by atoms with Gasteiger partial charge in [0.2, 0.25) is 0 Å². The average Bonchev–Trinajstić information content (AvgIpc) is 3.11. The van der Waals surface area contributed by atoms with Crippen LogP contribution in [0.4, 0.5) is 16.2 Å². The van der Waals surface area contributed by atoms with Gasteiger partial charge in [-0.1, -0.05) is 0 Å². The smallest absolute Gasteiger partial charge is 0.420 e. The number of hydrogen-bond donors (Lipinski definition) is 1. The standard InChI is InChI=1S/C22H17N3O10/c1-2-32-21(28)23-13-3-5-15-12(7-19(26)34-17(15)8-13)11-33-20(27)10-24-16-6-4-14(25(30)31)9-18(16)35-22(24)29/h3-9H,2,10-11H2,1H3,(H,23,28). The highest BCUT2D eigenvalue weighted by molar-refractivity contribution is 5.90. The molecule has 13 nitrogen and oxygen atoms in total. The molecule has 0 saturated carbocycles. The minimum Gasteiger partial charge on any atom is -0.459 e. The molecule has 180 valence electrons. The van der Waals surface area contributed by atoms with Crippen molar-refractivity contribution in [2.45, 2.75) is 20.1 Å². The van der Waals surface area contributed by atoms with E-state index in [0.717, 1.165) is 16.7 Å². The van der Waals surface area contributed by atoms with E-state index in [-0.39, 0.29) is 35.6 Å². The Labute approximate surface area is 194 Å². The quantitative estimate of drug-likeness (QED) is 0.178. The molecule has 4 aromatic rings. The summed E-state index contributed by atoms with van der Waals surface area (Å²) in [5.74, 6) is -1.69. The van der Waals surface area contributed by atoms with Crippen LogP contribution < -0.4 is 16.7 Å². The Kier molecular flexibility index (Phi) is 6.31. The van der Waals surface area contributed by atoms with Gasteiger partial charge in [0.15, 0.2) is 5.58 Å². The second kappa shape index (κ2) is 9.51. The van der Waals surface area contributed by atoms with E-state index in [1.807, 2.05) is 0 Å². The number of esters is 1. The molecule has 2 aromatic carbocycles. The number of benzene rings is 2. The number of aromatic nitrogens is 1. The molecule has 0 radical (unpaired) electrons. The number of hydrogen-bond acceptors (Lipinski definition) is 10. The van der Waals surface area contributed by atoms with Gasteiger partial charge in [-0.15, -0.1) is 0 Å². The molecule has 35 heavy (non-hydrogen) atoms. The van der Waals surface area contributed by atoms with Crippen LogP contribution in [0.5, 0.6) is 0 Å². The van der Waals surface area contributed by atoms with Crippen LogP contribution in [0.25, 0.3) is 22.1 Å². The summed E-state index contributed by atoms with van der Waals surface area (Å²) in [5, 5.41) is 13.8. The van der Waals surface area contributed by atoms with Crippen molar-refractivity contribution >= 4 is 45.5 Å². The van der Waals surface area contributed by atoms with Crippen LogP contribution >= 0.6 is 0 Å². The fraction of sp³-hybridized carbons (Fsp3) is 0.182. The summed E-state index contributed by atoms with van der Waals surface area (Å²) in [6.45, 7) is 1.02. The van der Waals surface area contributed by atoms with Crippen molar-refractivity contribution in [2.75, 3.05) is 11.9 Å². The van der Waals surface area contributed by atoms with Gasteiger partial charge in [-0.25, -0.2) is 14.4 Å². The lowest BCUT2D eigenvalue weighted by Gasteiger charge is -2.09. The van der Waals surface area contributed by atoms with Gasteiger partial charge in [0.05, 0.1) is 23.1 Å². The lowest BCUT2D eigenvalue weighted by Crippen LogP contribution is -2.21. The summed E-state index contributed by atoms with van der Waals surface area (Å²) < 4.78 is 21.2. The Balaban J connectivity index is 1.51. The van der Waals surface area contributed by atoms with Crippen LogP contribution in [-0.4, -0.2) is 28.2 Å². The first-order valence-corrected chi connectivity index (χ1v) is 10.2. The molecule has 0 aliphatic heterocycles. The molecule has 0 saturated heterocycles. The number of rotatable bonds is 7. The summed E-state index contributed by atoms with van der Waals surface area (Å²) in [6.07, 6.45) is -0.670. The molecule has 0 aliphatic rings. The Hall–Kier alpha value is -4.94. The maximum Gasteiger partial charge on any atom is 0.420 e. The topological polar surface area (TPSA) is 173 Å². The second-order valence-electron chi connectivity index (χ2n) is 7.17. The first kappa shape index (κ1) is 23.2. The third-order valence-electron chi connectivity index (χ3n) is 4.89. The fourth-order valence-electron chi connectivity index (χ4n) is 3.36. The highest BCUT2D eigenvalue weighted by Gasteiger charge is 2.17. The highest BCUT2D eigenvalue weighted by Crippen LogP contribution is 2.23. The summed E-state index contributed by atoms with van der Waals surface area (Å²) in [6, 6.07) is 9.27. The molecule has 2 aromatic heterocycles.